The number of aliphatic hydroxyl groups is 1. The SMILES string of the molecule is Cc1nc(N)c(C)c(NC2CC(O)C2)n1. The number of aryl methyl sites for hydroxylation is 1. The first kappa shape index (κ1) is 10.2. The molecule has 0 unspecified atom stereocenters. The molecule has 0 amide bonds. The molecule has 4 N–H and O–H groups in total. The molecule has 0 spiro atoms. The van der Waals surface area contributed by atoms with Gasteiger partial charge in [-0.3, -0.25) is 0 Å². The Bertz CT molecular complexity index is 374. The normalized spacial score (nSPS) is 24.7. The molecule has 5 nitrogen and oxygen atoms in total. The molecule has 0 bridgehead atoms. The zero-order chi connectivity index (χ0) is 11.0. The molecule has 1 heterocycles. The number of rotatable bonds is 2. The topological polar surface area (TPSA) is 84.1 Å². The van der Waals surface area contributed by atoms with Crippen molar-refractivity contribution in [3.63, 3.8) is 0 Å². The third kappa shape index (κ3) is 2.02. The van der Waals surface area contributed by atoms with Gasteiger partial charge in [0.2, 0.25) is 0 Å². The third-order valence-electron chi connectivity index (χ3n) is 2.75. The Hall–Kier alpha value is -1.36. The molecule has 0 saturated heterocycles. The zero-order valence-corrected chi connectivity index (χ0v) is 8.99. The highest BCUT2D eigenvalue weighted by molar-refractivity contribution is 5.55. The molecule has 1 aromatic heterocycles. The van der Waals surface area contributed by atoms with Crippen LogP contribution >= 0.6 is 0 Å². The predicted octanol–water partition coefficient (Wildman–Crippen LogP) is 0.611. The maximum Gasteiger partial charge on any atom is 0.134 e. The number of nitrogens with zero attached hydrogens (tertiary/aromatic N) is 2. The van der Waals surface area contributed by atoms with Crippen LogP contribution in [0.15, 0.2) is 0 Å². The lowest BCUT2D eigenvalue weighted by atomic mass is 9.89. The van der Waals surface area contributed by atoms with Crippen LogP contribution in [-0.2, 0) is 0 Å². The van der Waals surface area contributed by atoms with Crippen LogP contribution in [0, 0.1) is 13.8 Å². The molecule has 1 aliphatic carbocycles. The van der Waals surface area contributed by atoms with E-state index in [1.165, 1.54) is 0 Å². The van der Waals surface area contributed by atoms with Gasteiger partial charge in [-0.2, -0.15) is 0 Å². The van der Waals surface area contributed by atoms with Crippen molar-refractivity contribution in [3.05, 3.63) is 11.4 Å². The van der Waals surface area contributed by atoms with E-state index in [4.69, 9.17) is 5.73 Å². The summed E-state index contributed by atoms with van der Waals surface area (Å²) in [5, 5.41) is 12.4. The van der Waals surface area contributed by atoms with Crippen molar-refractivity contribution < 1.29 is 5.11 Å². The summed E-state index contributed by atoms with van der Waals surface area (Å²) < 4.78 is 0. The Morgan fingerprint density at radius 3 is 2.60 bits per heavy atom. The molecular weight excluding hydrogens is 192 g/mol. The summed E-state index contributed by atoms with van der Waals surface area (Å²) in [4.78, 5) is 8.37. The Labute approximate surface area is 88.7 Å². The Morgan fingerprint density at radius 1 is 1.33 bits per heavy atom. The first-order chi connectivity index (χ1) is 7.06. The fourth-order valence-electron chi connectivity index (χ4n) is 1.69. The maximum absolute atomic E-state index is 9.18. The van der Waals surface area contributed by atoms with Gasteiger partial charge in [0, 0.05) is 11.6 Å². The molecule has 2 rings (SSSR count). The predicted molar refractivity (Wildman–Crippen MR) is 58.6 cm³/mol. The van der Waals surface area contributed by atoms with E-state index in [9.17, 15) is 5.11 Å². The molecule has 82 valence electrons. The third-order valence-corrected chi connectivity index (χ3v) is 2.75. The Kier molecular flexibility index (Phi) is 2.48. The van der Waals surface area contributed by atoms with Crippen LogP contribution in [0.3, 0.4) is 0 Å². The van der Waals surface area contributed by atoms with Crippen molar-refractivity contribution >= 4 is 11.6 Å². The van der Waals surface area contributed by atoms with Crippen molar-refractivity contribution in [2.75, 3.05) is 11.1 Å². The van der Waals surface area contributed by atoms with Crippen molar-refractivity contribution in [2.45, 2.75) is 38.8 Å². The molecule has 0 aliphatic heterocycles. The second-order valence-corrected chi connectivity index (χ2v) is 4.10. The molecule has 0 atom stereocenters. The molecule has 5 heteroatoms. The van der Waals surface area contributed by atoms with Gasteiger partial charge in [-0.25, -0.2) is 9.97 Å². The fraction of sp³-hybridized carbons (Fsp3) is 0.600. The first-order valence-electron chi connectivity index (χ1n) is 5.11. The van der Waals surface area contributed by atoms with Gasteiger partial charge in [0.05, 0.1) is 6.10 Å². The fourth-order valence-corrected chi connectivity index (χ4v) is 1.69. The Balaban J connectivity index is 2.13. The first-order valence-corrected chi connectivity index (χ1v) is 5.11. The number of aliphatic hydroxyl groups excluding tert-OH is 1. The average Bonchev–Trinajstić information content (AvgIpc) is 2.10. The molecule has 1 saturated carbocycles. The summed E-state index contributed by atoms with van der Waals surface area (Å²) in [6, 6.07) is 0.312. The number of aromatic nitrogens is 2. The molecule has 0 aromatic carbocycles. The van der Waals surface area contributed by atoms with E-state index in [1.54, 1.807) is 0 Å². The van der Waals surface area contributed by atoms with Crippen LogP contribution in [0.25, 0.3) is 0 Å². The van der Waals surface area contributed by atoms with Crippen LogP contribution in [0.4, 0.5) is 11.6 Å². The largest absolute Gasteiger partial charge is 0.393 e. The molecular formula is C10H16N4O. The summed E-state index contributed by atoms with van der Waals surface area (Å²) in [5.41, 5.74) is 6.62. The van der Waals surface area contributed by atoms with Crippen LogP contribution < -0.4 is 11.1 Å². The van der Waals surface area contributed by atoms with Crippen molar-refractivity contribution in [3.8, 4) is 0 Å². The van der Waals surface area contributed by atoms with E-state index in [2.05, 4.69) is 15.3 Å². The van der Waals surface area contributed by atoms with Gasteiger partial charge in [0.1, 0.15) is 17.5 Å². The van der Waals surface area contributed by atoms with E-state index in [0.29, 0.717) is 17.7 Å². The van der Waals surface area contributed by atoms with E-state index in [-0.39, 0.29) is 6.10 Å². The summed E-state index contributed by atoms with van der Waals surface area (Å²) >= 11 is 0. The smallest absolute Gasteiger partial charge is 0.134 e. The quantitative estimate of drug-likeness (QED) is 0.663. The minimum Gasteiger partial charge on any atom is -0.393 e. The summed E-state index contributed by atoms with van der Waals surface area (Å²) in [6.45, 7) is 3.71. The Morgan fingerprint density at radius 2 is 2.00 bits per heavy atom. The lowest BCUT2D eigenvalue weighted by Crippen LogP contribution is -2.39. The molecule has 1 aromatic rings. The van der Waals surface area contributed by atoms with Crippen LogP contribution in [-0.4, -0.2) is 27.2 Å². The second kappa shape index (κ2) is 3.66. The molecule has 1 fully saturated rings. The highest BCUT2D eigenvalue weighted by Gasteiger charge is 2.27. The van der Waals surface area contributed by atoms with Crippen molar-refractivity contribution in [1.29, 1.82) is 0 Å². The summed E-state index contributed by atoms with van der Waals surface area (Å²) in [5.74, 6) is 1.97. The molecule has 15 heavy (non-hydrogen) atoms. The number of nitrogens with one attached hydrogen (secondary N) is 1. The van der Waals surface area contributed by atoms with E-state index in [1.807, 2.05) is 13.8 Å². The van der Waals surface area contributed by atoms with Crippen LogP contribution in [0.1, 0.15) is 24.2 Å². The molecule has 0 radical (unpaired) electrons. The van der Waals surface area contributed by atoms with Gasteiger partial charge in [0.15, 0.2) is 0 Å². The lowest BCUT2D eigenvalue weighted by Gasteiger charge is -2.32. The van der Waals surface area contributed by atoms with Gasteiger partial charge in [-0.15, -0.1) is 0 Å². The van der Waals surface area contributed by atoms with E-state index >= 15 is 0 Å². The van der Waals surface area contributed by atoms with Gasteiger partial charge >= 0.3 is 0 Å². The minimum atomic E-state index is -0.164. The number of hydrogen-bond acceptors (Lipinski definition) is 5. The van der Waals surface area contributed by atoms with Gasteiger partial charge in [0.25, 0.3) is 0 Å². The van der Waals surface area contributed by atoms with Crippen molar-refractivity contribution in [2.24, 2.45) is 0 Å². The average molecular weight is 208 g/mol. The van der Waals surface area contributed by atoms with Gasteiger partial charge in [-0.05, 0) is 26.7 Å². The second-order valence-electron chi connectivity index (χ2n) is 4.10. The summed E-state index contributed by atoms with van der Waals surface area (Å²) in [6.07, 6.45) is 1.40. The summed E-state index contributed by atoms with van der Waals surface area (Å²) in [7, 11) is 0. The number of anilines is 2. The standard InChI is InChI=1S/C10H16N4O/c1-5-9(11)12-6(2)13-10(5)14-7-3-8(15)4-7/h7-8,15H,3-4H2,1-2H3,(H3,11,12,13,14). The monoisotopic (exact) mass is 208 g/mol. The number of nitrogens with two attached hydrogens (primary N) is 1. The van der Waals surface area contributed by atoms with Gasteiger partial charge in [-0.1, -0.05) is 0 Å². The minimum absolute atomic E-state index is 0.164. The highest BCUT2D eigenvalue weighted by Crippen LogP contribution is 2.25. The zero-order valence-electron chi connectivity index (χ0n) is 8.99. The van der Waals surface area contributed by atoms with Gasteiger partial charge < -0.3 is 16.2 Å². The van der Waals surface area contributed by atoms with E-state index in [0.717, 1.165) is 24.2 Å². The van der Waals surface area contributed by atoms with Crippen LogP contribution in [0.2, 0.25) is 0 Å². The number of hydrogen-bond donors (Lipinski definition) is 3. The number of nitrogen functional groups attached to an aromatic ring is 1. The maximum atomic E-state index is 9.18. The van der Waals surface area contributed by atoms with Crippen LogP contribution in [0.5, 0.6) is 0 Å². The van der Waals surface area contributed by atoms with Crippen molar-refractivity contribution in [1.82, 2.24) is 9.97 Å². The lowest BCUT2D eigenvalue weighted by molar-refractivity contribution is 0.0835. The van der Waals surface area contributed by atoms with E-state index < -0.39 is 0 Å². The highest BCUT2D eigenvalue weighted by atomic mass is 16.3. The molecule has 1 aliphatic rings.